The zero-order valence-corrected chi connectivity index (χ0v) is 23.2. The summed E-state index contributed by atoms with van der Waals surface area (Å²) in [4.78, 5) is 36.2. The number of hydrogen-bond acceptors (Lipinski definition) is 8. The van der Waals surface area contributed by atoms with E-state index in [-0.39, 0.29) is 17.7 Å². The summed E-state index contributed by atoms with van der Waals surface area (Å²) in [5.41, 5.74) is -0.669. The van der Waals surface area contributed by atoms with Crippen molar-refractivity contribution in [1.82, 2.24) is 20.6 Å². The predicted octanol–water partition coefficient (Wildman–Crippen LogP) is 2.27. The molecule has 2 amide bonds. The minimum absolute atomic E-state index is 0.0755. The van der Waals surface area contributed by atoms with Crippen molar-refractivity contribution in [2.75, 3.05) is 24.5 Å². The Bertz CT molecular complexity index is 916. The van der Waals surface area contributed by atoms with Gasteiger partial charge in [0, 0.05) is 37.5 Å². The third-order valence-corrected chi connectivity index (χ3v) is 6.94. The fourth-order valence-corrected chi connectivity index (χ4v) is 4.10. The highest BCUT2D eigenvalue weighted by molar-refractivity contribution is 6.61. The van der Waals surface area contributed by atoms with Gasteiger partial charge in [0.25, 0.3) is 0 Å². The smallest absolute Gasteiger partial charge is 0.444 e. The fourth-order valence-electron chi connectivity index (χ4n) is 4.10. The lowest BCUT2D eigenvalue weighted by molar-refractivity contribution is -0.124. The van der Waals surface area contributed by atoms with Gasteiger partial charge in [-0.15, -0.1) is 0 Å². The lowest BCUT2D eigenvalue weighted by atomic mass is 9.81. The maximum Gasteiger partial charge on any atom is 0.498 e. The van der Waals surface area contributed by atoms with E-state index < -0.39 is 36.1 Å². The monoisotopic (exact) mass is 503 g/mol. The lowest BCUT2D eigenvalue weighted by Crippen LogP contribution is -2.51. The number of rotatable bonds is 7. The first kappa shape index (κ1) is 28.2. The Hall–Kier alpha value is -2.40. The van der Waals surface area contributed by atoms with Crippen molar-refractivity contribution in [2.24, 2.45) is 11.8 Å². The zero-order chi connectivity index (χ0) is 26.9. The molecule has 2 atom stereocenters. The molecule has 11 heteroatoms. The topological polar surface area (TPSA) is 115 Å². The summed E-state index contributed by atoms with van der Waals surface area (Å²) in [5, 5.41) is 5.70. The summed E-state index contributed by atoms with van der Waals surface area (Å²) in [6.45, 7) is 19.3. The van der Waals surface area contributed by atoms with Crippen LogP contribution < -0.4 is 21.0 Å². The molecular formula is C25H42BN5O5. The molecule has 2 N–H and O–H groups in total. The molecule has 2 saturated heterocycles. The SMILES string of the molecule is CC(C)[C@@H](NC(=O)OC(C)(C)C)C(=O)NC[C@@H]1CCN(c2ncc(B3OC(C)(C)C(C)(C)O3)cn2)C1. The van der Waals surface area contributed by atoms with Crippen LogP contribution in [-0.2, 0) is 18.8 Å². The van der Waals surface area contributed by atoms with Gasteiger partial charge in [-0.25, -0.2) is 14.8 Å². The molecule has 3 heterocycles. The van der Waals surface area contributed by atoms with Crippen LogP contribution in [0.4, 0.5) is 10.7 Å². The molecule has 36 heavy (non-hydrogen) atoms. The molecule has 2 fully saturated rings. The Morgan fingerprint density at radius 1 is 1.17 bits per heavy atom. The Labute approximate surface area is 215 Å². The van der Waals surface area contributed by atoms with E-state index in [0.717, 1.165) is 25.0 Å². The van der Waals surface area contributed by atoms with Crippen molar-refractivity contribution in [1.29, 1.82) is 0 Å². The summed E-state index contributed by atoms with van der Waals surface area (Å²) in [5.74, 6) is 0.621. The normalized spacial score (nSPS) is 22.0. The van der Waals surface area contributed by atoms with Crippen LogP contribution in [0.25, 0.3) is 0 Å². The van der Waals surface area contributed by atoms with Crippen LogP contribution in [-0.4, -0.2) is 71.6 Å². The molecule has 1 aromatic rings. The van der Waals surface area contributed by atoms with Crippen molar-refractivity contribution in [2.45, 2.75) is 91.6 Å². The number of nitrogens with one attached hydrogen (secondary N) is 2. The molecule has 3 rings (SSSR count). The molecule has 0 bridgehead atoms. The minimum Gasteiger partial charge on any atom is -0.444 e. The van der Waals surface area contributed by atoms with Crippen molar-refractivity contribution >= 4 is 30.5 Å². The highest BCUT2D eigenvalue weighted by Gasteiger charge is 2.52. The minimum atomic E-state index is -0.664. The summed E-state index contributed by atoms with van der Waals surface area (Å²) in [6.07, 6.45) is 3.84. The second-order valence-corrected chi connectivity index (χ2v) is 12.1. The molecule has 0 saturated carbocycles. The number of ether oxygens (including phenoxy) is 1. The average Bonchev–Trinajstić information content (AvgIpc) is 3.30. The van der Waals surface area contributed by atoms with Gasteiger partial charge < -0.3 is 29.6 Å². The van der Waals surface area contributed by atoms with Gasteiger partial charge in [0.15, 0.2) is 0 Å². The number of carbonyl (C=O) groups excluding carboxylic acids is 2. The quantitative estimate of drug-likeness (QED) is 0.545. The first-order chi connectivity index (χ1) is 16.6. The lowest BCUT2D eigenvalue weighted by Gasteiger charge is -2.32. The number of anilines is 1. The first-order valence-electron chi connectivity index (χ1n) is 12.8. The van der Waals surface area contributed by atoms with Gasteiger partial charge in [0.05, 0.1) is 11.2 Å². The largest absolute Gasteiger partial charge is 0.498 e. The number of aromatic nitrogens is 2. The molecule has 0 aromatic carbocycles. The number of amides is 2. The zero-order valence-electron chi connectivity index (χ0n) is 23.2. The Kier molecular flexibility index (Phi) is 8.25. The molecule has 1 aromatic heterocycles. The predicted molar refractivity (Wildman–Crippen MR) is 139 cm³/mol. The van der Waals surface area contributed by atoms with E-state index in [2.05, 4.69) is 25.5 Å². The second-order valence-electron chi connectivity index (χ2n) is 12.1. The number of nitrogens with zero attached hydrogens (tertiary/aromatic N) is 3. The molecule has 2 aliphatic rings. The van der Waals surface area contributed by atoms with Crippen molar-refractivity contribution in [3.8, 4) is 0 Å². The molecule has 0 unspecified atom stereocenters. The van der Waals surface area contributed by atoms with Crippen LogP contribution in [0.15, 0.2) is 12.4 Å². The summed E-state index contributed by atoms with van der Waals surface area (Å²) >= 11 is 0. The number of carbonyl (C=O) groups is 2. The Morgan fingerprint density at radius 3 is 2.28 bits per heavy atom. The molecule has 0 radical (unpaired) electrons. The van der Waals surface area contributed by atoms with E-state index in [1.165, 1.54) is 0 Å². The Morgan fingerprint density at radius 2 is 1.75 bits per heavy atom. The van der Waals surface area contributed by atoms with Gasteiger partial charge in [-0.3, -0.25) is 4.79 Å². The van der Waals surface area contributed by atoms with E-state index in [1.54, 1.807) is 33.2 Å². The summed E-state index contributed by atoms with van der Waals surface area (Å²) < 4.78 is 17.5. The number of hydrogen-bond donors (Lipinski definition) is 2. The maximum absolute atomic E-state index is 12.8. The van der Waals surface area contributed by atoms with Crippen molar-refractivity contribution < 1.29 is 23.6 Å². The highest BCUT2D eigenvalue weighted by atomic mass is 16.7. The van der Waals surface area contributed by atoms with E-state index in [4.69, 9.17) is 14.0 Å². The van der Waals surface area contributed by atoms with Crippen molar-refractivity contribution in [3.63, 3.8) is 0 Å². The van der Waals surface area contributed by atoms with Gasteiger partial charge in [0.2, 0.25) is 11.9 Å². The van der Waals surface area contributed by atoms with Crippen LogP contribution in [0.1, 0.15) is 68.7 Å². The molecule has 0 spiro atoms. The average molecular weight is 503 g/mol. The first-order valence-corrected chi connectivity index (χ1v) is 12.8. The van der Waals surface area contributed by atoms with Crippen LogP contribution >= 0.6 is 0 Å². The maximum atomic E-state index is 12.8. The third kappa shape index (κ3) is 6.88. The highest BCUT2D eigenvalue weighted by Crippen LogP contribution is 2.36. The molecule has 0 aliphatic carbocycles. The van der Waals surface area contributed by atoms with Gasteiger partial charge >= 0.3 is 13.2 Å². The van der Waals surface area contributed by atoms with Crippen LogP contribution in [0.3, 0.4) is 0 Å². The van der Waals surface area contributed by atoms with Crippen LogP contribution in [0.5, 0.6) is 0 Å². The van der Waals surface area contributed by atoms with Crippen LogP contribution in [0, 0.1) is 11.8 Å². The van der Waals surface area contributed by atoms with Gasteiger partial charge in [-0.1, -0.05) is 13.8 Å². The molecule has 10 nitrogen and oxygen atoms in total. The fraction of sp³-hybridized carbons (Fsp3) is 0.760. The summed E-state index contributed by atoms with van der Waals surface area (Å²) in [6, 6.07) is -0.664. The third-order valence-electron chi connectivity index (χ3n) is 6.94. The molecule has 200 valence electrons. The number of alkyl carbamates (subject to hydrolysis) is 1. The van der Waals surface area contributed by atoms with Gasteiger partial charge in [-0.2, -0.15) is 0 Å². The van der Waals surface area contributed by atoms with E-state index >= 15 is 0 Å². The van der Waals surface area contributed by atoms with Gasteiger partial charge in [0.1, 0.15) is 11.6 Å². The molecular weight excluding hydrogens is 461 g/mol. The van der Waals surface area contributed by atoms with E-state index in [9.17, 15) is 9.59 Å². The molecule has 2 aliphatic heterocycles. The van der Waals surface area contributed by atoms with Crippen molar-refractivity contribution in [3.05, 3.63) is 12.4 Å². The Balaban J connectivity index is 1.50. The van der Waals surface area contributed by atoms with Crippen LogP contribution in [0.2, 0.25) is 0 Å². The van der Waals surface area contributed by atoms with E-state index in [1.807, 2.05) is 41.5 Å². The second kappa shape index (κ2) is 10.5. The summed E-state index contributed by atoms with van der Waals surface area (Å²) in [7, 11) is -0.492. The standard InChI is InChI=1S/C25H42BN5O5/c1-16(2)19(30-22(33)34-23(3,4)5)20(32)27-12-17-10-11-31(15-17)21-28-13-18(14-29-21)26-35-24(6,7)25(8,9)36-26/h13-14,16-17,19H,10-12,15H2,1-9H3,(H,27,32)(H,30,33)/t17-,19+/m0/s1. The van der Waals surface area contributed by atoms with Gasteiger partial charge in [-0.05, 0) is 66.7 Å². The van der Waals surface area contributed by atoms with E-state index in [0.29, 0.717) is 12.5 Å².